The van der Waals surface area contributed by atoms with Crippen LogP contribution < -0.4 is 4.18 Å². The third kappa shape index (κ3) is 7.34. The van der Waals surface area contributed by atoms with Gasteiger partial charge in [-0.1, -0.05) is 39.8 Å². The van der Waals surface area contributed by atoms with Crippen LogP contribution in [0.25, 0.3) is 0 Å². The van der Waals surface area contributed by atoms with Gasteiger partial charge in [-0.05, 0) is 36.5 Å². The van der Waals surface area contributed by atoms with Gasteiger partial charge in [-0.25, -0.2) is 0 Å². The number of carbonyl (C=O) groups is 1. The zero-order valence-corrected chi connectivity index (χ0v) is 16.3. The van der Waals surface area contributed by atoms with E-state index in [0.717, 1.165) is 18.2 Å². The molecule has 1 aromatic rings. The molecule has 1 amide bonds. The van der Waals surface area contributed by atoms with Gasteiger partial charge in [-0.2, -0.15) is 8.42 Å². The Hall–Kier alpha value is -1.56. The molecule has 1 atom stereocenters. The van der Waals surface area contributed by atoms with Crippen molar-refractivity contribution in [3.8, 4) is 5.75 Å². The van der Waals surface area contributed by atoms with Crippen LogP contribution >= 0.6 is 0 Å². The van der Waals surface area contributed by atoms with Crippen molar-refractivity contribution in [1.82, 2.24) is 4.90 Å². The lowest BCUT2D eigenvalue weighted by Gasteiger charge is -2.31. The van der Waals surface area contributed by atoms with E-state index in [1.54, 1.807) is 18.2 Å². The lowest BCUT2D eigenvalue weighted by molar-refractivity contribution is -0.135. The maximum atomic E-state index is 12.7. The maximum absolute atomic E-state index is 12.7. The Balaban J connectivity index is 2.98. The van der Waals surface area contributed by atoms with Gasteiger partial charge >= 0.3 is 10.1 Å². The summed E-state index contributed by atoms with van der Waals surface area (Å²) >= 11 is 0. The number of hydrogen-bond donors (Lipinski definition) is 0. The van der Waals surface area contributed by atoms with Crippen LogP contribution in [0.2, 0.25) is 0 Å². The fourth-order valence-electron chi connectivity index (χ4n) is 2.33. The fourth-order valence-corrected chi connectivity index (χ4v) is 2.79. The van der Waals surface area contributed by atoms with Gasteiger partial charge in [-0.3, -0.25) is 4.79 Å². The van der Waals surface area contributed by atoms with Crippen molar-refractivity contribution in [3.05, 3.63) is 29.8 Å². The third-order valence-electron chi connectivity index (χ3n) is 3.62. The van der Waals surface area contributed by atoms with Crippen molar-refractivity contribution in [2.75, 3.05) is 6.26 Å². The summed E-state index contributed by atoms with van der Waals surface area (Å²) in [5.74, 6) is 0.369. The first-order chi connectivity index (χ1) is 10.9. The molecular formula is C18H29NO4S. The minimum Gasteiger partial charge on any atom is -0.383 e. The number of amides is 1. The largest absolute Gasteiger partial charge is 0.383 e. The Morgan fingerprint density at radius 3 is 2.42 bits per heavy atom. The van der Waals surface area contributed by atoms with Crippen LogP contribution in [0.5, 0.6) is 5.75 Å². The molecule has 0 fully saturated rings. The molecule has 0 aromatic heterocycles. The first-order valence-corrected chi connectivity index (χ1v) is 10.0. The first kappa shape index (κ1) is 20.5. The SMILES string of the molecule is CCC(C)N(Cc1cccc(OS(C)(=O)=O)c1)C(=O)CC(C)(C)C. The highest BCUT2D eigenvalue weighted by molar-refractivity contribution is 7.86. The normalized spacial score (nSPS) is 13.4. The number of benzene rings is 1. The molecule has 5 nitrogen and oxygen atoms in total. The minimum atomic E-state index is -3.56. The van der Waals surface area contributed by atoms with Crippen LogP contribution in [0.4, 0.5) is 0 Å². The van der Waals surface area contributed by atoms with Crippen LogP contribution in [0.1, 0.15) is 53.0 Å². The first-order valence-electron chi connectivity index (χ1n) is 8.19. The molecule has 0 aliphatic heterocycles. The van der Waals surface area contributed by atoms with Gasteiger partial charge in [-0.15, -0.1) is 0 Å². The second kappa shape index (κ2) is 8.01. The van der Waals surface area contributed by atoms with Gasteiger partial charge in [0.2, 0.25) is 5.91 Å². The van der Waals surface area contributed by atoms with Crippen molar-refractivity contribution in [2.24, 2.45) is 5.41 Å². The van der Waals surface area contributed by atoms with Crippen LogP contribution in [0, 0.1) is 5.41 Å². The smallest absolute Gasteiger partial charge is 0.306 e. The van der Waals surface area contributed by atoms with Gasteiger partial charge in [0.1, 0.15) is 5.75 Å². The minimum absolute atomic E-state index is 0.0793. The molecule has 0 spiro atoms. The molecule has 0 heterocycles. The monoisotopic (exact) mass is 355 g/mol. The third-order valence-corrected chi connectivity index (χ3v) is 4.12. The second-order valence-electron chi connectivity index (χ2n) is 7.45. The summed E-state index contributed by atoms with van der Waals surface area (Å²) < 4.78 is 27.5. The van der Waals surface area contributed by atoms with E-state index in [4.69, 9.17) is 4.18 Å². The molecule has 0 N–H and O–H groups in total. The van der Waals surface area contributed by atoms with Crippen molar-refractivity contribution in [1.29, 1.82) is 0 Å². The molecule has 1 rings (SSSR count). The van der Waals surface area contributed by atoms with Gasteiger partial charge < -0.3 is 9.08 Å². The highest BCUT2D eigenvalue weighted by atomic mass is 32.2. The molecule has 0 radical (unpaired) electrons. The average molecular weight is 356 g/mol. The van der Waals surface area contributed by atoms with Crippen LogP contribution in [-0.2, 0) is 21.5 Å². The predicted molar refractivity (Wildman–Crippen MR) is 96.3 cm³/mol. The molecule has 0 saturated heterocycles. The summed E-state index contributed by atoms with van der Waals surface area (Å²) in [6.45, 7) is 10.6. The zero-order valence-electron chi connectivity index (χ0n) is 15.5. The quantitative estimate of drug-likeness (QED) is 0.701. The molecular weight excluding hydrogens is 326 g/mol. The topological polar surface area (TPSA) is 63.7 Å². The zero-order chi connectivity index (χ0) is 18.5. The molecule has 6 heteroatoms. The summed E-state index contributed by atoms with van der Waals surface area (Å²) in [5, 5.41) is 0. The standard InChI is InChI=1S/C18H29NO4S/c1-7-14(2)19(17(20)12-18(3,4)5)13-15-9-8-10-16(11-15)23-24(6,21)22/h8-11,14H,7,12-13H2,1-6H3. The Labute approximate surface area is 146 Å². The fraction of sp³-hybridized carbons (Fsp3) is 0.611. The summed E-state index contributed by atoms with van der Waals surface area (Å²) in [6, 6.07) is 6.98. The van der Waals surface area contributed by atoms with Crippen molar-refractivity contribution >= 4 is 16.0 Å². The van der Waals surface area contributed by atoms with E-state index in [1.165, 1.54) is 0 Å². The summed E-state index contributed by atoms with van der Waals surface area (Å²) in [7, 11) is -3.56. The lowest BCUT2D eigenvalue weighted by atomic mass is 9.91. The average Bonchev–Trinajstić information content (AvgIpc) is 2.40. The molecule has 0 saturated carbocycles. The van der Waals surface area contributed by atoms with E-state index < -0.39 is 10.1 Å². The van der Waals surface area contributed by atoms with Gasteiger partial charge in [0.25, 0.3) is 0 Å². The number of nitrogens with zero attached hydrogens (tertiary/aromatic N) is 1. The van der Waals surface area contributed by atoms with Crippen molar-refractivity contribution in [2.45, 2.75) is 60.0 Å². The Kier molecular flexibility index (Phi) is 6.84. The van der Waals surface area contributed by atoms with Crippen molar-refractivity contribution < 1.29 is 17.4 Å². The van der Waals surface area contributed by atoms with Gasteiger partial charge in [0.15, 0.2) is 0 Å². The molecule has 24 heavy (non-hydrogen) atoms. The van der Waals surface area contributed by atoms with Gasteiger partial charge in [0, 0.05) is 19.0 Å². The van der Waals surface area contributed by atoms with Crippen LogP contribution in [-0.4, -0.2) is 31.5 Å². The molecule has 0 aliphatic carbocycles. The second-order valence-corrected chi connectivity index (χ2v) is 9.03. The van der Waals surface area contributed by atoms with E-state index in [-0.39, 0.29) is 23.1 Å². The number of carbonyl (C=O) groups excluding carboxylic acids is 1. The summed E-state index contributed by atoms with van der Waals surface area (Å²) in [4.78, 5) is 14.5. The maximum Gasteiger partial charge on any atom is 0.306 e. The van der Waals surface area contributed by atoms with Crippen LogP contribution in [0.3, 0.4) is 0 Å². The van der Waals surface area contributed by atoms with E-state index in [0.29, 0.717) is 13.0 Å². The highest BCUT2D eigenvalue weighted by Gasteiger charge is 2.24. The summed E-state index contributed by atoms with van der Waals surface area (Å²) in [6.07, 6.45) is 2.34. The van der Waals surface area contributed by atoms with Crippen LogP contribution in [0.15, 0.2) is 24.3 Å². The Bertz CT molecular complexity index is 662. The lowest BCUT2D eigenvalue weighted by Crippen LogP contribution is -2.39. The Morgan fingerprint density at radius 1 is 1.29 bits per heavy atom. The Morgan fingerprint density at radius 2 is 1.92 bits per heavy atom. The van der Waals surface area contributed by atoms with E-state index in [9.17, 15) is 13.2 Å². The van der Waals surface area contributed by atoms with E-state index in [2.05, 4.69) is 0 Å². The molecule has 0 aliphatic rings. The molecule has 0 bridgehead atoms. The predicted octanol–water partition coefficient (Wildman–Crippen LogP) is 3.59. The van der Waals surface area contributed by atoms with E-state index >= 15 is 0 Å². The number of rotatable bonds is 7. The van der Waals surface area contributed by atoms with E-state index in [1.807, 2.05) is 45.6 Å². The number of hydrogen-bond acceptors (Lipinski definition) is 4. The van der Waals surface area contributed by atoms with Crippen molar-refractivity contribution in [3.63, 3.8) is 0 Å². The van der Waals surface area contributed by atoms with Gasteiger partial charge in [0.05, 0.1) is 6.26 Å². The molecule has 1 aromatic carbocycles. The summed E-state index contributed by atoms with van der Waals surface area (Å²) in [5.41, 5.74) is 0.767. The molecule has 136 valence electrons. The molecule has 1 unspecified atom stereocenters. The highest BCUT2D eigenvalue weighted by Crippen LogP contribution is 2.23.